The van der Waals surface area contributed by atoms with E-state index in [1.165, 1.54) is 22.7 Å². The first kappa shape index (κ1) is 15.0. The number of nitrogens with zero attached hydrogens (tertiary/aromatic N) is 1. The standard InChI is InChI=1S/C15H11ClN2O2S2/c16-9-4-1-2-5-10(9)17-15-18-14(11-6-3-7-21-11)12(22-15)8-13(19)20/h1-7H,8H2,(H,17,18)(H,19,20). The minimum atomic E-state index is -0.870. The number of aliphatic carboxylic acids is 1. The summed E-state index contributed by atoms with van der Waals surface area (Å²) >= 11 is 9.00. The summed E-state index contributed by atoms with van der Waals surface area (Å²) in [6, 6.07) is 11.2. The van der Waals surface area contributed by atoms with Gasteiger partial charge < -0.3 is 10.4 Å². The highest BCUT2D eigenvalue weighted by Crippen LogP contribution is 2.36. The van der Waals surface area contributed by atoms with Crippen molar-refractivity contribution in [1.29, 1.82) is 0 Å². The van der Waals surface area contributed by atoms with Crippen molar-refractivity contribution in [2.75, 3.05) is 5.32 Å². The van der Waals surface area contributed by atoms with Crippen LogP contribution in [0, 0.1) is 0 Å². The molecule has 1 aromatic carbocycles. The van der Waals surface area contributed by atoms with Crippen LogP contribution in [0.25, 0.3) is 10.6 Å². The van der Waals surface area contributed by atoms with E-state index in [0.29, 0.717) is 10.2 Å². The normalized spacial score (nSPS) is 10.6. The monoisotopic (exact) mass is 350 g/mol. The number of carboxylic acids is 1. The summed E-state index contributed by atoms with van der Waals surface area (Å²) in [7, 11) is 0. The third-order valence-electron chi connectivity index (χ3n) is 2.88. The van der Waals surface area contributed by atoms with E-state index >= 15 is 0 Å². The Morgan fingerprint density at radius 2 is 2.09 bits per heavy atom. The fourth-order valence-electron chi connectivity index (χ4n) is 1.95. The van der Waals surface area contributed by atoms with Crippen LogP contribution in [-0.2, 0) is 11.2 Å². The summed E-state index contributed by atoms with van der Waals surface area (Å²) in [5.41, 5.74) is 1.47. The molecule has 22 heavy (non-hydrogen) atoms. The summed E-state index contributed by atoms with van der Waals surface area (Å²) < 4.78 is 0. The number of halogens is 1. The fraction of sp³-hybridized carbons (Fsp3) is 0.0667. The molecule has 0 aliphatic carbocycles. The Morgan fingerprint density at radius 1 is 1.27 bits per heavy atom. The molecule has 0 amide bonds. The van der Waals surface area contributed by atoms with Gasteiger partial charge in [0.05, 0.1) is 27.7 Å². The van der Waals surface area contributed by atoms with Gasteiger partial charge in [0.15, 0.2) is 5.13 Å². The van der Waals surface area contributed by atoms with Gasteiger partial charge in [-0.1, -0.05) is 29.8 Å². The van der Waals surface area contributed by atoms with E-state index in [2.05, 4.69) is 10.3 Å². The fourth-order valence-corrected chi connectivity index (χ4v) is 3.91. The van der Waals surface area contributed by atoms with Gasteiger partial charge in [-0.05, 0) is 23.6 Å². The summed E-state index contributed by atoms with van der Waals surface area (Å²) in [5.74, 6) is -0.870. The van der Waals surface area contributed by atoms with Gasteiger partial charge in [-0.25, -0.2) is 4.98 Å². The highest BCUT2D eigenvalue weighted by atomic mass is 35.5. The number of carboxylic acid groups (broad SMARTS) is 1. The van der Waals surface area contributed by atoms with Gasteiger partial charge >= 0.3 is 5.97 Å². The minimum absolute atomic E-state index is 0.0465. The Kier molecular flexibility index (Phi) is 4.42. The van der Waals surface area contributed by atoms with E-state index in [0.717, 1.165) is 21.1 Å². The Labute approximate surface area is 140 Å². The van der Waals surface area contributed by atoms with Crippen molar-refractivity contribution in [2.45, 2.75) is 6.42 Å². The number of anilines is 2. The maximum Gasteiger partial charge on any atom is 0.308 e. The molecule has 0 atom stereocenters. The van der Waals surface area contributed by atoms with Gasteiger partial charge in [0, 0.05) is 4.88 Å². The van der Waals surface area contributed by atoms with Crippen LogP contribution in [0.5, 0.6) is 0 Å². The van der Waals surface area contributed by atoms with Crippen LogP contribution in [0.4, 0.5) is 10.8 Å². The Hall–Kier alpha value is -1.89. The quantitative estimate of drug-likeness (QED) is 0.687. The van der Waals surface area contributed by atoms with Gasteiger partial charge in [-0.3, -0.25) is 4.79 Å². The molecule has 2 aromatic heterocycles. The minimum Gasteiger partial charge on any atom is -0.481 e. The lowest BCUT2D eigenvalue weighted by Gasteiger charge is -2.03. The van der Waals surface area contributed by atoms with E-state index in [4.69, 9.17) is 16.7 Å². The SMILES string of the molecule is O=C(O)Cc1sc(Nc2ccccc2Cl)nc1-c1cccs1. The predicted molar refractivity (Wildman–Crippen MR) is 91.5 cm³/mol. The molecule has 7 heteroatoms. The van der Waals surface area contributed by atoms with E-state index in [-0.39, 0.29) is 6.42 Å². The van der Waals surface area contributed by atoms with Crippen molar-refractivity contribution < 1.29 is 9.90 Å². The summed E-state index contributed by atoms with van der Waals surface area (Å²) in [5, 5.41) is 15.4. The largest absolute Gasteiger partial charge is 0.481 e. The molecule has 112 valence electrons. The smallest absolute Gasteiger partial charge is 0.308 e. The second-order valence-corrected chi connectivity index (χ2v) is 6.88. The second kappa shape index (κ2) is 6.48. The molecule has 0 bridgehead atoms. The first-order chi connectivity index (χ1) is 10.6. The highest BCUT2D eigenvalue weighted by molar-refractivity contribution is 7.17. The molecule has 0 unspecified atom stereocenters. The number of aromatic nitrogens is 1. The zero-order valence-corrected chi connectivity index (χ0v) is 13.6. The Balaban J connectivity index is 1.96. The molecule has 3 rings (SSSR count). The van der Waals surface area contributed by atoms with Crippen LogP contribution in [0.1, 0.15) is 4.88 Å². The van der Waals surface area contributed by atoms with Crippen molar-refractivity contribution >= 4 is 51.1 Å². The molecular formula is C15H11ClN2O2S2. The summed E-state index contributed by atoms with van der Waals surface area (Å²) in [6.07, 6.45) is -0.0465. The molecule has 0 radical (unpaired) electrons. The number of para-hydroxylation sites is 1. The van der Waals surface area contributed by atoms with Gasteiger partial charge in [0.1, 0.15) is 0 Å². The van der Waals surface area contributed by atoms with Gasteiger partial charge in [-0.15, -0.1) is 22.7 Å². The predicted octanol–water partition coefficient (Wildman–Crippen LogP) is 4.90. The molecule has 2 heterocycles. The van der Waals surface area contributed by atoms with Crippen LogP contribution >= 0.6 is 34.3 Å². The number of rotatable bonds is 5. The van der Waals surface area contributed by atoms with Crippen molar-refractivity contribution in [3.05, 3.63) is 51.7 Å². The molecule has 0 aliphatic rings. The van der Waals surface area contributed by atoms with Gasteiger partial charge in [0.25, 0.3) is 0 Å². The number of nitrogens with one attached hydrogen (secondary N) is 1. The molecule has 0 saturated heterocycles. The van der Waals surface area contributed by atoms with Crippen LogP contribution < -0.4 is 5.32 Å². The average Bonchev–Trinajstić information content (AvgIpc) is 3.10. The Bertz CT molecular complexity index is 800. The van der Waals surface area contributed by atoms with Crippen LogP contribution in [0.15, 0.2) is 41.8 Å². The summed E-state index contributed by atoms with van der Waals surface area (Å²) in [4.78, 5) is 17.3. The third kappa shape index (κ3) is 3.30. The van der Waals surface area contributed by atoms with Crippen molar-refractivity contribution in [3.63, 3.8) is 0 Å². The maximum atomic E-state index is 11.1. The Morgan fingerprint density at radius 3 is 2.77 bits per heavy atom. The number of thiophene rings is 1. The zero-order valence-electron chi connectivity index (χ0n) is 11.2. The van der Waals surface area contributed by atoms with Gasteiger partial charge in [0.2, 0.25) is 0 Å². The van der Waals surface area contributed by atoms with Crippen molar-refractivity contribution in [3.8, 4) is 10.6 Å². The maximum absolute atomic E-state index is 11.1. The third-order valence-corrected chi connectivity index (χ3v) is 5.06. The average molecular weight is 351 g/mol. The summed E-state index contributed by atoms with van der Waals surface area (Å²) in [6.45, 7) is 0. The van der Waals surface area contributed by atoms with E-state index in [1.54, 1.807) is 6.07 Å². The second-order valence-electron chi connectivity index (χ2n) is 4.44. The molecule has 4 nitrogen and oxygen atoms in total. The van der Waals surface area contributed by atoms with Gasteiger partial charge in [-0.2, -0.15) is 0 Å². The first-order valence-electron chi connectivity index (χ1n) is 6.40. The molecule has 0 aliphatic heterocycles. The lowest BCUT2D eigenvalue weighted by molar-refractivity contribution is -0.136. The molecule has 0 spiro atoms. The highest BCUT2D eigenvalue weighted by Gasteiger charge is 2.17. The number of thiazole rings is 1. The topological polar surface area (TPSA) is 62.2 Å². The first-order valence-corrected chi connectivity index (χ1v) is 8.48. The number of carbonyl (C=O) groups is 1. The van der Waals surface area contributed by atoms with E-state index in [1.807, 2.05) is 35.7 Å². The van der Waals surface area contributed by atoms with Crippen LogP contribution in [-0.4, -0.2) is 16.1 Å². The van der Waals surface area contributed by atoms with E-state index in [9.17, 15) is 4.79 Å². The molecule has 3 aromatic rings. The molecule has 0 saturated carbocycles. The number of benzene rings is 1. The molecule has 2 N–H and O–H groups in total. The lowest BCUT2D eigenvalue weighted by Crippen LogP contribution is -1.98. The molecular weight excluding hydrogens is 340 g/mol. The number of hydrogen-bond donors (Lipinski definition) is 2. The van der Waals surface area contributed by atoms with Crippen molar-refractivity contribution in [1.82, 2.24) is 4.98 Å². The van der Waals surface area contributed by atoms with Crippen molar-refractivity contribution in [2.24, 2.45) is 0 Å². The lowest BCUT2D eigenvalue weighted by atomic mass is 10.2. The number of hydrogen-bond acceptors (Lipinski definition) is 5. The van der Waals surface area contributed by atoms with Crippen LogP contribution in [0.3, 0.4) is 0 Å². The zero-order chi connectivity index (χ0) is 15.5. The van der Waals surface area contributed by atoms with E-state index < -0.39 is 5.97 Å². The van der Waals surface area contributed by atoms with Crippen LogP contribution in [0.2, 0.25) is 5.02 Å². The molecule has 0 fully saturated rings.